The number of aryl methyl sites for hydroxylation is 3. The summed E-state index contributed by atoms with van der Waals surface area (Å²) < 4.78 is 0. The summed E-state index contributed by atoms with van der Waals surface area (Å²) in [5.41, 5.74) is 5.03. The summed E-state index contributed by atoms with van der Waals surface area (Å²) in [6, 6.07) is 11.5. The minimum Gasteiger partial charge on any atom is -0.293 e. The molecule has 0 aromatic heterocycles. The van der Waals surface area contributed by atoms with Crippen LogP contribution in [0.2, 0.25) is 0 Å². The largest absolute Gasteiger partial charge is 0.293 e. The molecule has 0 saturated carbocycles. The number of allylic oxidation sites excluding steroid dienone is 2. The molecule has 3 rings (SSSR count). The molecule has 24 heavy (non-hydrogen) atoms. The van der Waals surface area contributed by atoms with Gasteiger partial charge in [0.05, 0.1) is 0 Å². The molecule has 0 heterocycles. The summed E-state index contributed by atoms with van der Waals surface area (Å²) in [6.07, 6.45) is 1.83. The minimum absolute atomic E-state index is 0.114. The Bertz CT molecular complexity index is 879. The van der Waals surface area contributed by atoms with Gasteiger partial charge in [-0.25, -0.2) is 0 Å². The average molecular weight is 318 g/mol. The molecule has 1 aliphatic carbocycles. The van der Waals surface area contributed by atoms with Crippen LogP contribution in [-0.2, 0) is 0 Å². The molecule has 0 fully saturated rings. The van der Waals surface area contributed by atoms with Crippen molar-refractivity contribution in [3.63, 3.8) is 0 Å². The second-order valence-electron chi connectivity index (χ2n) is 7.01. The highest BCUT2D eigenvalue weighted by molar-refractivity contribution is 6.24. The Balaban J connectivity index is 2.18. The zero-order chi connectivity index (χ0) is 17.6. The third kappa shape index (κ3) is 2.34. The third-order valence-corrected chi connectivity index (χ3v) is 4.95. The lowest BCUT2D eigenvalue weighted by Crippen LogP contribution is -2.38. The molecular weight excluding hydrogens is 296 g/mol. The maximum atomic E-state index is 13.4. The summed E-state index contributed by atoms with van der Waals surface area (Å²) in [6.45, 7) is 9.60. The van der Waals surface area contributed by atoms with Crippen molar-refractivity contribution < 1.29 is 9.59 Å². The molecule has 2 aromatic rings. The molecule has 0 spiro atoms. The summed E-state index contributed by atoms with van der Waals surface area (Å²) in [4.78, 5) is 26.5. The van der Waals surface area contributed by atoms with Crippen LogP contribution in [0.25, 0.3) is 5.57 Å². The predicted octanol–water partition coefficient (Wildman–Crippen LogP) is 5.10. The van der Waals surface area contributed by atoms with Gasteiger partial charge in [-0.15, -0.1) is 0 Å². The maximum Gasteiger partial charge on any atom is 0.180 e. The van der Waals surface area contributed by atoms with Crippen molar-refractivity contribution in [2.45, 2.75) is 34.6 Å². The predicted molar refractivity (Wildman–Crippen MR) is 97.5 cm³/mol. The summed E-state index contributed by atoms with van der Waals surface area (Å²) in [7, 11) is 0. The minimum atomic E-state index is -1.15. The van der Waals surface area contributed by atoms with Crippen LogP contribution in [0.3, 0.4) is 0 Å². The van der Waals surface area contributed by atoms with Crippen molar-refractivity contribution in [2.24, 2.45) is 5.41 Å². The Kier molecular flexibility index (Phi) is 3.79. The van der Waals surface area contributed by atoms with Gasteiger partial charge in [-0.05, 0) is 56.9 Å². The fraction of sp³-hybridized carbons (Fsp3) is 0.273. The van der Waals surface area contributed by atoms with Crippen LogP contribution in [0.15, 0.2) is 42.5 Å². The second kappa shape index (κ2) is 5.55. The molecule has 1 atom stereocenters. The van der Waals surface area contributed by atoms with E-state index in [9.17, 15) is 9.59 Å². The highest BCUT2D eigenvalue weighted by Crippen LogP contribution is 2.39. The molecule has 0 bridgehead atoms. The molecule has 2 aromatic carbocycles. The van der Waals surface area contributed by atoms with Crippen LogP contribution in [0, 0.1) is 26.2 Å². The fourth-order valence-corrected chi connectivity index (χ4v) is 3.85. The Morgan fingerprint density at radius 1 is 0.917 bits per heavy atom. The van der Waals surface area contributed by atoms with E-state index in [1.54, 1.807) is 6.92 Å². The van der Waals surface area contributed by atoms with Crippen molar-refractivity contribution in [1.82, 2.24) is 0 Å². The smallest absolute Gasteiger partial charge is 0.180 e. The number of ketones is 2. The van der Waals surface area contributed by atoms with Crippen LogP contribution in [0.5, 0.6) is 0 Å². The zero-order valence-corrected chi connectivity index (χ0v) is 14.9. The standard InChI is InChI=1S/C22H22O2/c1-13-10-14(2)19(15(3)11-13)21(24)22(5)12-16(4)17-8-6-7-9-18(17)20(22)23/h6-12H,1-5H3. The topological polar surface area (TPSA) is 34.1 Å². The van der Waals surface area contributed by atoms with Gasteiger partial charge in [0.2, 0.25) is 0 Å². The number of carbonyl (C=O) groups excluding carboxylic acids is 2. The molecule has 1 unspecified atom stereocenters. The number of Topliss-reactive ketones (excluding diaryl/α,β-unsaturated/α-hetero) is 2. The van der Waals surface area contributed by atoms with Gasteiger partial charge >= 0.3 is 0 Å². The van der Waals surface area contributed by atoms with E-state index in [0.717, 1.165) is 27.8 Å². The Morgan fingerprint density at radius 2 is 1.46 bits per heavy atom. The van der Waals surface area contributed by atoms with Crippen molar-refractivity contribution in [3.05, 3.63) is 75.9 Å². The van der Waals surface area contributed by atoms with E-state index < -0.39 is 5.41 Å². The molecule has 1 aliphatic rings. The summed E-state index contributed by atoms with van der Waals surface area (Å²) in [5, 5.41) is 0. The molecule has 0 aliphatic heterocycles. The first-order valence-electron chi connectivity index (χ1n) is 8.22. The van der Waals surface area contributed by atoms with E-state index in [0.29, 0.717) is 11.1 Å². The van der Waals surface area contributed by atoms with Crippen LogP contribution < -0.4 is 0 Å². The molecule has 2 nitrogen and oxygen atoms in total. The quantitative estimate of drug-likeness (QED) is 0.570. The first kappa shape index (κ1) is 16.4. The van der Waals surface area contributed by atoms with E-state index in [-0.39, 0.29) is 11.6 Å². The number of hydrogen-bond acceptors (Lipinski definition) is 2. The fourth-order valence-electron chi connectivity index (χ4n) is 3.85. The van der Waals surface area contributed by atoms with Gasteiger partial charge in [0, 0.05) is 11.1 Å². The average Bonchev–Trinajstić information content (AvgIpc) is 2.51. The van der Waals surface area contributed by atoms with Crippen molar-refractivity contribution in [1.29, 1.82) is 0 Å². The Labute approximate surface area is 143 Å². The third-order valence-electron chi connectivity index (χ3n) is 4.95. The Morgan fingerprint density at radius 3 is 2.04 bits per heavy atom. The lowest BCUT2D eigenvalue weighted by atomic mass is 9.69. The van der Waals surface area contributed by atoms with Gasteiger partial charge in [0.15, 0.2) is 11.6 Å². The number of carbonyl (C=O) groups is 2. The van der Waals surface area contributed by atoms with Crippen molar-refractivity contribution in [2.75, 3.05) is 0 Å². The monoisotopic (exact) mass is 318 g/mol. The van der Waals surface area contributed by atoms with Crippen LogP contribution in [-0.4, -0.2) is 11.6 Å². The molecular formula is C22H22O2. The first-order chi connectivity index (χ1) is 11.3. The number of hydrogen-bond donors (Lipinski definition) is 0. The van der Waals surface area contributed by atoms with Gasteiger partial charge in [0.25, 0.3) is 0 Å². The highest BCUT2D eigenvalue weighted by Gasteiger charge is 2.44. The highest BCUT2D eigenvalue weighted by atomic mass is 16.2. The second-order valence-corrected chi connectivity index (χ2v) is 7.01. The molecule has 2 heteroatoms. The van der Waals surface area contributed by atoms with Gasteiger partial charge in [0.1, 0.15) is 5.41 Å². The van der Waals surface area contributed by atoms with Crippen molar-refractivity contribution in [3.8, 4) is 0 Å². The van der Waals surface area contributed by atoms with Gasteiger partial charge in [-0.2, -0.15) is 0 Å². The van der Waals surface area contributed by atoms with Gasteiger partial charge in [-0.3, -0.25) is 9.59 Å². The summed E-state index contributed by atoms with van der Waals surface area (Å²) >= 11 is 0. The van der Waals surface area contributed by atoms with Crippen LogP contribution in [0.1, 0.15) is 56.8 Å². The maximum absolute atomic E-state index is 13.4. The lowest BCUT2D eigenvalue weighted by Gasteiger charge is -2.30. The van der Waals surface area contributed by atoms with Crippen molar-refractivity contribution >= 4 is 17.1 Å². The van der Waals surface area contributed by atoms with E-state index in [2.05, 4.69) is 0 Å². The molecule has 0 amide bonds. The SMILES string of the molecule is CC1=CC(C)(C(=O)c2c(C)cc(C)cc2C)C(=O)c2ccccc21. The van der Waals surface area contributed by atoms with Crippen LogP contribution in [0.4, 0.5) is 0 Å². The van der Waals surface area contributed by atoms with E-state index >= 15 is 0 Å². The number of fused-ring (bicyclic) bond motifs is 1. The molecule has 0 saturated heterocycles. The number of rotatable bonds is 2. The zero-order valence-electron chi connectivity index (χ0n) is 14.9. The van der Waals surface area contributed by atoms with Gasteiger partial charge in [-0.1, -0.05) is 48.0 Å². The molecule has 122 valence electrons. The van der Waals surface area contributed by atoms with Crippen LogP contribution >= 0.6 is 0 Å². The lowest BCUT2D eigenvalue weighted by molar-refractivity contribution is 0.0743. The summed E-state index contributed by atoms with van der Waals surface area (Å²) in [5.74, 6) is -0.232. The normalized spacial score (nSPS) is 19.7. The van der Waals surface area contributed by atoms with E-state index in [1.165, 1.54) is 0 Å². The Hall–Kier alpha value is -2.48. The number of benzene rings is 2. The molecule has 0 radical (unpaired) electrons. The first-order valence-corrected chi connectivity index (χ1v) is 8.22. The van der Waals surface area contributed by atoms with E-state index in [4.69, 9.17) is 0 Å². The van der Waals surface area contributed by atoms with E-state index in [1.807, 2.05) is 70.2 Å². The van der Waals surface area contributed by atoms with Gasteiger partial charge < -0.3 is 0 Å². The molecule has 0 N–H and O–H groups in total.